The van der Waals surface area contributed by atoms with Gasteiger partial charge in [-0.2, -0.15) is 0 Å². The highest BCUT2D eigenvalue weighted by molar-refractivity contribution is 5.73. The molecular formula is C10H14N2O4. The summed E-state index contributed by atoms with van der Waals surface area (Å²) in [6, 6.07) is 2.68. The van der Waals surface area contributed by atoms with Crippen LogP contribution >= 0.6 is 0 Å². The summed E-state index contributed by atoms with van der Waals surface area (Å²) in [6.45, 7) is 1.08. The third-order valence-electron chi connectivity index (χ3n) is 1.52. The first-order valence-electron chi connectivity index (χ1n) is 4.50. The van der Waals surface area contributed by atoms with E-state index in [1.807, 2.05) is 0 Å². The lowest BCUT2D eigenvalue weighted by atomic mass is 10.1. The highest BCUT2D eigenvalue weighted by Gasteiger charge is 2.11. The third-order valence-corrected chi connectivity index (χ3v) is 1.52. The number of carbonyl (C=O) groups is 2. The SMILES string of the molecule is CC(=O)O.NC(Cc1ccncc1)C(=O)O. The van der Waals surface area contributed by atoms with Crippen LogP contribution in [0.2, 0.25) is 0 Å². The van der Waals surface area contributed by atoms with E-state index in [9.17, 15) is 4.79 Å². The Morgan fingerprint density at radius 3 is 2.19 bits per heavy atom. The van der Waals surface area contributed by atoms with Crippen molar-refractivity contribution in [1.82, 2.24) is 4.98 Å². The summed E-state index contributed by atoms with van der Waals surface area (Å²) >= 11 is 0. The van der Waals surface area contributed by atoms with Gasteiger partial charge in [-0.05, 0) is 24.1 Å². The first kappa shape index (κ1) is 14.1. The van der Waals surface area contributed by atoms with Gasteiger partial charge in [-0.1, -0.05) is 0 Å². The van der Waals surface area contributed by atoms with Gasteiger partial charge in [-0.15, -0.1) is 0 Å². The van der Waals surface area contributed by atoms with Gasteiger partial charge in [-0.3, -0.25) is 14.6 Å². The molecule has 1 unspecified atom stereocenters. The first-order valence-corrected chi connectivity index (χ1v) is 4.50. The van der Waals surface area contributed by atoms with E-state index >= 15 is 0 Å². The second-order valence-corrected chi connectivity index (χ2v) is 3.02. The molecule has 0 aliphatic rings. The minimum absolute atomic E-state index is 0.345. The number of hydrogen-bond donors (Lipinski definition) is 3. The summed E-state index contributed by atoms with van der Waals surface area (Å²) in [4.78, 5) is 23.2. The fourth-order valence-corrected chi connectivity index (χ4v) is 0.860. The zero-order valence-electron chi connectivity index (χ0n) is 8.83. The van der Waals surface area contributed by atoms with Crippen molar-refractivity contribution in [2.24, 2.45) is 5.73 Å². The molecule has 88 valence electrons. The van der Waals surface area contributed by atoms with Gasteiger partial charge in [0.05, 0.1) is 0 Å². The minimum atomic E-state index is -0.980. The molecule has 1 aromatic heterocycles. The summed E-state index contributed by atoms with van der Waals surface area (Å²) in [7, 11) is 0. The molecule has 0 saturated carbocycles. The number of carboxylic acid groups (broad SMARTS) is 2. The number of nitrogens with two attached hydrogens (primary N) is 1. The van der Waals surface area contributed by atoms with Crippen LogP contribution in [0.5, 0.6) is 0 Å². The van der Waals surface area contributed by atoms with Crippen LogP contribution in [0.25, 0.3) is 0 Å². The summed E-state index contributed by atoms with van der Waals surface area (Å²) in [5, 5.41) is 15.9. The first-order chi connectivity index (χ1) is 7.43. The number of hydrogen-bond acceptors (Lipinski definition) is 4. The highest BCUT2D eigenvalue weighted by atomic mass is 16.4. The molecule has 16 heavy (non-hydrogen) atoms. The molecule has 0 fully saturated rings. The normalized spacial score (nSPS) is 10.9. The predicted molar refractivity (Wildman–Crippen MR) is 56.9 cm³/mol. The average Bonchev–Trinajstić information content (AvgIpc) is 2.18. The Bertz CT molecular complexity index is 336. The van der Waals surface area contributed by atoms with Crippen LogP contribution < -0.4 is 5.73 Å². The fraction of sp³-hybridized carbons (Fsp3) is 0.300. The molecule has 6 heteroatoms. The van der Waals surface area contributed by atoms with E-state index < -0.39 is 18.0 Å². The molecule has 0 aliphatic carbocycles. The number of aromatic nitrogens is 1. The van der Waals surface area contributed by atoms with Crippen LogP contribution in [0.4, 0.5) is 0 Å². The Morgan fingerprint density at radius 1 is 1.38 bits per heavy atom. The largest absolute Gasteiger partial charge is 0.481 e. The monoisotopic (exact) mass is 226 g/mol. The Kier molecular flexibility index (Phi) is 6.46. The molecular weight excluding hydrogens is 212 g/mol. The van der Waals surface area contributed by atoms with Gasteiger partial charge in [0.2, 0.25) is 0 Å². The van der Waals surface area contributed by atoms with E-state index in [0.29, 0.717) is 6.42 Å². The van der Waals surface area contributed by atoms with E-state index in [1.54, 1.807) is 24.5 Å². The summed E-state index contributed by atoms with van der Waals surface area (Å²) in [5.41, 5.74) is 6.22. The van der Waals surface area contributed by atoms with Crippen LogP contribution in [0.15, 0.2) is 24.5 Å². The summed E-state index contributed by atoms with van der Waals surface area (Å²) < 4.78 is 0. The highest BCUT2D eigenvalue weighted by Crippen LogP contribution is 1.99. The van der Waals surface area contributed by atoms with Crippen molar-refractivity contribution in [2.75, 3.05) is 0 Å². The maximum atomic E-state index is 10.4. The lowest BCUT2D eigenvalue weighted by molar-refractivity contribution is -0.138. The molecule has 0 radical (unpaired) electrons. The van der Waals surface area contributed by atoms with Crippen molar-refractivity contribution in [3.05, 3.63) is 30.1 Å². The summed E-state index contributed by atoms with van der Waals surface area (Å²) in [6.07, 6.45) is 3.58. The van der Waals surface area contributed by atoms with E-state index in [1.165, 1.54) is 0 Å². The fourth-order valence-electron chi connectivity index (χ4n) is 0.860. The van der Waals surface area contributed by atoms with Gasteiger partial charge >= 0.3 is 5.97 Å². The number of carboxylic acids is 2. The molecule has 1 rings (SSSR count). The molecule has 1 heterocycles. The zero-order valence-corrected chi connectivity index (χ0v) is 8.83. The lowest BCUT2D eigenvalue weighted by Crippen LogP contribution is -2.32. The van der Waals surface area contributed by atoms with Crippen molar-refractivity contribution in [3.63, 3.8) is 0 Å². The number of aliphatic carboxylic acids is 2. The van der Waals surface area contributed by atoms with E-state index in [4.69, 9.17) is 20.7 Å². The van der Waals surface area contributed by atoms with Crippen LogP contribution in [0.3, 0.4) is 0 Å². The quantitative estimate of drug-likeness (QED) is 0.674. The minimum Gasteiger partial charge on any atom is -0.481 e. The zero-order chi connectivity index (χ0) is 12.6. The molecule has 0 aliphatic heterocycles. The lowest BCUT2D eigenvalue weighted by Gasteiger charge is -2.04. The van der Waals surface area contributed by atoms with Crippen LogP contribution in [-0.2, 0) is 16.0 Å². The maximum absolute atomic E-state index is 10.4. The molecule has 1 atom stereocenters. The van der Waals surface area contributed by atoms with Gasteiger partial charge in [0.25, 0.3) is 5.97 Å². The average molecular weight is 226 g/mol. The predicted octanol–water partition coefficient (Wildman–Crippen LogP) is 0.127. The molecule has 0 aromatic carbocycles. The van der Waals surface area contributed by atoms with Gasteiger partial charge in [0.1, 0.15) is 6.04 Å². The van der Waals surface area contributed by atoms with Crippen LogP contribution in [0, 0.1) is 0 Å². The summed E-state index contributed by atoms with van der Waals surface area (Å²) in [5.74, 6) is -1.81. The van der Waals surface area contributed by atoms with Gasteiger partial charge in [-0.25, -0.2) is 0 Å². The molecule has 0 bridgehead atoms. The topological polar surface area (TPSA) is 114 Å². The number of rotatable bonds is 3. The molecule has 4 N–H and O–H groups in total. The number of nitrogens with zero attached hydrogens (tertiary/aromatic N) is 1. The smallest absolute Gasteiger partial charge is 0.320 e. The van der Waals surface area contributed by atoms with Crippen LogP contribution in [0.1, 0.15) is 12.5 Å². The molecule has 0 amide bonds. The molecule has 0 spiro atoms. The van der Waals surface area contributed by atoms with Crippen molar-refractivity contribution in [2.45, 2.75) is 19.4 Å². The van der Waals surface area contributed by atoms with Gasteiger partial charge in [0, 0.05) is 19.3 Å². The maximum Gasteiger partial charge on any atom is 0.320 e. The van der Waals surface area contributed by atoms with Gasteiger partial charge in [0.15, 0.2) is 0 Å². The van der Waals surface area contributed by atoms with Crippen molar-refractivity contribution >= 4 is 11.9 Å². The second-order valence-electron chi connectivity index (χ2n) is 3.02. The Morgan fingerprint density at radius 2 is 1.81 bits per heavy atom. The number of pyridine rings is 1. The van der Waals surface area contributed by atoms with Crippen molar-refractivity contribution in [1.29, 1.82) is 0 Å². The second kappa shape index (κ2) is 7.36. The van der Waals surface area contributed by atoms with E-state index in [-0.39, 0.29) is 0 Å². The third kappa shape index (κ3) is 7.45. The van der Waals surface area contributed by atoms with E-state index in [2.05, 4.69) is 4.98 Å². The van der Waals surface area contributed by atoms with Gasteiger partial charge < -0.3 is 15.9 Å². The Hall–Kier alpha value is -1.95. The van der Waals surface area contributed by atoms with Crippen molar-refractivity contribution < 1.29 is 19.8 Å². The molecule has 6 nitrogen and oxygen atoms in total. The Labute approximate surface area is 92.7 Å². The van der Waals surface area contributed by atoms with E-state index in [0.717, 1.165) is 12.5 Å². The molecule has 1 aromatic rings. The van der Waals surface area contributed by atoms with Crippen LogP contribution in [-0.4, -0.2) is 33.2 Å². The standard InChI is InChI=1S/C8H10N2O2.C2H4O2/c9-7(8(11)12)5-6-1-3-10-4-2-6;1-2(3)4/h1-4,7H,5,9H2,(H,11,12);1H3,(H,3,4). The molecule has 0 saturated heterocycles. The van der Waals surface area contributed by atoms with Crippen molar-refractivity contribution in [3.8, 4) is 0 Å². The Balaban J connectivity index is 0.000000487.